The van der Waals surface area contributed by atoms with E-state index in [4.69, 9.17) is 23.7 Å². The van der Waals surface area contributed by atoms with Crippen molar-refractivity contribution in [3.8, 4) is 5.75 Å². The van der Waals surface area contributed by atoms with E-state index in [-0.39, 0.29) is 32.1 Å². The number of esters is 1. The van der Waals surface area contributed by atoms with Crippen molar-refractivity contribution in [3.63, 3.8) is 0 Å². The van der Waals surface area contributed by atoms with E-state index in [1.165, 1.54) is 7.11 Å². The molecule has 3 fully saturated rings. The highest BCUT2D eigenvalue weighted by Gasteiger charge is 2.75. The van der Waals surface area contributed by atoms with Crippen molar-refractivity contribution in [2.75, 3.05) is 75.0 Å². The van der Waals surface area contributed by atoms with Gasteiger partial charge in [-0.2, -0.15) is 0 Å². The Morgan fingerprint density at radius 1 is 0.762 bits per heavy atom. The number of morpholine rings is 2. The minimum absolute atomic E-state index is 0.0588. The Morgan fingerprint density at radius 3 is 2.11 bits per heavy atom. The lowest BCUT2D eigenvalue weighted by Crippen LogP contribution is -2.54. The molecule has 5 aromatic carbocycles. The van der Waals surface area contributed by atoms with Crippen LogP contribution in [0.3, 0.4) is 0 Å². The first-order chi connectivity index (χ1) is 30.9. The van der Waals surface area contributed by atoms with Crippen LogP contribution in [0.4, 0.5) is 21.9 Å². The number of ether oxygens (including phenoxy) is 5. The van der Waals surface area contributed by atoms with Crippen molar-refractivity contribution < 1.29 is 48.0 Å². The lowest BCUT2D eigenvalue weighted by molar-refractivity contribution is -0.177. The molecule has 6 atom stereocenters. The second-order valence-electron chi connectivity index (χ2n) is 15.8. The number of hydrogen-bond donors (Lipinski definition) is 2. The van der Waals surface area contributed by atoms with Crippen molar-refractivity contribution >= 4 is 40.9 Å². The van der Waals surface area contributed by atoms with Crippen LogP contribution in [-0.4, -0.2) is 99.8 Å². The summed E-state index contributed by atoms with van der Waals surface area (Å²) in [5.74, 6) is -3.05. The Hall–Kier alpha value is -6.58. The summed E-state index contributed by atoms with van der Waals surface area (Å²) in [4.78, 5) is 66.2. The highest BCUT2D eigenvalue weighted by atomic mass is 16.6. The number of carbonyl (C=O) groups is 4. The predicted molar refractivity (Wildman–Crippen MR) is 232 cm³/mol. The van der Waals surface area contributed by atoms with Gasteiger partial charge in [0, 0.05) is 31.6 Å². The fraction of sp³-hybridized carbons (Fsp3) is 0.306. The number of para-hydroxylation sites is 1. The van der Waals surface area contributed by atoms with E-state index >= 15 is 14.4 Å². The van der Waals surface area contributed by atoms with Crippen LogP contribution in [0.15, 0.2) is 133 Å². The van der Waals surface area contributed by atoms with Crippen LogP contribution in [0.5, 0.6) is 5.75 Å². The molecule has 1 spiro atoms. The molecule has 14 nitrogen and oxygen atoms in total. The van der Waals surface area contributed by atoms with Crippen molar-refractivity contribution in [2.45, 2.75) is 29.6 Å². The maximum Gasteiger partial charge on any atom is 0.421 e. The fourth-order valence-electron chi connectivity index (χ4n) is 9.83. The number of fused-ring (bicyclic) bond motifs is 3. The summed E-state index contributed by atoms with van der Waals surface area (Å²) in [5.41, 5.74) is 2.16. The van der Waals surface area contributed by atoms with Gasteiger partial charge in [0.25, 0.3) is 0 Å². The first kappa shape index (κ1) is 41.8. The number of anilines is 3. The standard InChI is InChI=1S/C49H48N4O10/c1-59-30-31-62-48(58)52-39-15-9-8-14-38(39)49(47(52)57)40(45(55)50-35-18-20-36(21-19-35)51-24-27-60-28-25-51)42-46(56)63-43(33-12-6-3-7-13-33)41(32-10-4-2-5-11-32)53(42)44(49)34-16-22-37(23-17-34)61-29-26-54/h2-23,40-44,54H,24-31H2,1H3,(H,50,55)/t40-,41-,42-,43+,44+,49-/m0/s1. The summed E-state index contributed by atoms with van der Waals surface area (Å²) >= 11 is 0. The van der Waals surface area contributed by atoms with Crippen LogP contribution >= 0.6 is 0 Å². The predicted octanol–water partition coefficient (Wildman–Crippen LogP) is 5.98. The Labute approximate surface area is 364 Å². The zero-order chi connectivity index (χ0) is 43.5. The molecule has 9 rings (SSSR count). The Kier molecular flexibility index (Phi) is 11.9. The van der Waals surface area contributed by atoms with E-state index in [1.54, 1.807) is 60.7 Å². The van der Waals surface area contributed by atoms with Gasteiger partial charge in [0.15, 0.2) is 0 Å². The maximum atomic E-state index is 16.1. The average molecular weight is 853 g/mol. The number of amides is 3. The van der Waals surface area contributed by atoms with E-state index in [0.29, 0.717) is 41.3 Å². The fourth-order valence-corrected chi connectivity index (χ4v) is 9.83. The van der Waals surface area contributed by atoms with Crippen LogP contribution in [0.2, 0.25) is 0 Å². The molecule has 3 amide bonds. The van der Waals surface area contributed by atoms with E-state index in [9.17, 15) is 9.90 Å². The molecule has 4 aliphatic heterocycles. The smallest absolute Gasteiger partial charge is 0.421 e. The van der Waals surface area contributed by atoms with Crippen molar-refractivity contribution in [3.05, 3.63) is 156 Å². The minimum Gasteiger partial charge on any atom is -0.491 e. The highest BCUT2D eigenvalue weighted by molar-refractivity contribution is 6.24. The number of nitrogens with zero attached hydrogens (tertiary/aromatic N) is 3. The van der Waals surface area contributed by atoms with Gasteiger partial charge in [0.2, 0.25) is 11.8 Å². The zero-order valence-corrected chi connectivity index (χ0v) is 34.7. The topological polar surface area (TPSA) is 156 Å². The van der Waals surface area contributed by atoms with Crippen LogP contribution < -0.4 is 19.9 Å². The molecule has 3 saturated heterocycles. The van der Waals surface area contributed by atoms with Gasteiger partial charge in [-0.1, -0.05) is 91.0 Å². The number of cyclic esters (lactones) is 1. The van der Waals surface area contributed by atoms with Gasteiger partial charge in [0.1, 0.15) is 36.5 Å². The van der Waals surface area contributed by atoms with Gasteiger partial charge in [-0.25, -0.2) is 9.69 Å². The number of hydrogen-bond acceptors (Lipinski definition) is 12. The molecule has 0 radical (unpaired) electrons. The molecule has 324 valence electrons. The molecule has 0 bridgehead atoms. The lowest BCUT2D eigenvalue weighted by Gasteiger charge is -2.46. The highest BCUT2D eigenvalue weighted by Crippen LogP contribution is 2.66. The SMILES string of the molecule is COCCOC(=O)N1C(=O)[C@@]2(c3ccccc31)[C@H](C(=O)Nc1ccc(N3CCOCC3)cc1)[C@H]1C(=O)O[C@H](c3ccccc3)[C@H](c3ccccc3)N1[C@@H]2c1ccc(OCCO)cc1. The number of imide groups is 1. The summed E-state index contributed by atoms with van der Waals surface area (Å²) in [7, 11) is 1.48. The Balaban J connectivity index is 1.27. The number of aliphatic hydroxyl groups excluding tert-OH is 1. The summed E-state index contributed by atoms with van der Waals surface area (Å²) in [5, 5.41) is 12.6. The molecular weight excluding hydrogens is 805 g/mol. The second kappa shape index (κ2) is 18.0. The normalized spacial score (nSPS) is 24.1. The summed E-state index contributed by atoms with van der Waals surface area (Å²) < 4.78 is 28.6. The van der Waals surface area contributed by atoms with E-state index < -0.39 is 59.4 Å². The molecule has 4 aliphatic rings. The largest absolute Gasteiger partial charge is 0.491 e. The number of aliphatic hydroxyl groups is 1. The first-order valence-electron chi connectivity index (χ1n) is 21.1. The number of carbonyl (C=O) groups excluding carboxylic acids is 4. The first-order valence-corrected chi connectivity index (χ1v) is 21.1. The molecular formula is C49H48N4O10. The van der Waals surface area contributed by atoms with E-state index in [1.807, 2.05) is 77.7 Å². The van der Waals surface area contributed by atoms with E-state index in [0.717, 1.165) is 29.2 Å². The minimum atomic E-state index is -1.93. The summed E-state index contributed by atoms with van der Waals surface area (Å²) in [6.45, 7) is 2.49. The van der Waals surface area contributed by atoms with Gasteiger partial charge >= 0.3 is 12.1 Å². The van der Waals surface area contributed by atoms with Crippen molar-refractivity contribution in [1.29, 1.82) is 0 Å². The van der Waals surface area contributed by atoms with Gasteiger partial charge in [-0.3, -0.25) is 19.3 Å². The summed E-state index contributed by atoms with van der Waals surface area (Å²) in [6.07, 6.45) is -1.82. The van der Waals surface area contributed by atoms with Crippen LogP contribution in [0, 0.1) is 5.92 Å². The van der Waals surface area contributed by atoms with Gasteiger partial charge in [0.05, 0.1) is 50.1 Å². The Bertz CT molecular complexity index is 2430. The lowest BCUT2D eigenvalue weighted by atomic mass is 9.65. The number of nitrogens with one attached hydrogen (secondary N) is 1. The third-order valence-electron chi connectivity index (χ3n) is 12.4. The van der Waals surface area contributed by atoms with Crippen LogP contribution in [0.1, 0.15) is 40.4 Å². The summed E-state index contributed by atoms with van der Waals surface area (Å²) in [6, 6.07) is 37.2. The maximum absolute atomic E-state index is 16.1. The zero-order valence-electron chi connectivity index (χ0n) is 34.7. The molecule has 14 heteroatoms. The molecule has 63 heavy (non-hydrogen) atoms. The third-order valence-corrected chi connectivity index (χ3v) is 12.4. The van der Waals surface area contributed by atoms with Crippen molar-refractivity contribution in [1.82, 2.24) is 4.90 Å². The van der Waals surface area contributed by atoms with Crippen molar-refractivity contribution in [2.24, 2.45) is 5.92 Å². The molecule has 4 heterocycles. The molecule has 0 saturated carbocycles. The van der Waals surface area contributed by atoms with Gasteiger partial charge < -0.3 is 39.0 Å². The number of rotatable bonds is 12. The van der Waals surface area contributed by atoms with Gasteiger partial charge in [-0.15, -0.1) is 0 Å². The van der Waals surface area contributed by atoms with E-state index in [2.05, 4.69) is 10.2 Å². The van der Waals surface area contributed by atoms with Crippen LogP contribution in [0.25, 0.3) is 0 Å². The number of benzene rings is 5. The molecule has 0 aliphatic carbocycles. The Morgan fingerprint density at radius 2 is 1.43 bits per heavy atom. The van der Waals surface area contributed by atoms with Crippen LogP contribution in [-0.2, 0) is 38.7 Å². The monoisotopic (exact) mass is 852 g/mol. The molecule has 0 aromatic heterocycles. The quantitative estimate of drug-likeness (QED) is 0.112. The second-order valence-corrected chi connectivity index (χ2v) is 15.8. The molecule has 5 aromatic rings. The molecule has 2 N–H and O–H groups in total. The molecule has 0 unspecified atom stereocenters. The third kappa shape index (κ3) is 7.48. The average Bonchev–Trinajstić information content (AvgIpc) is 3.79. The van der Waals surface area contributed by atoms with Gasteiger partial charge in [-0.05, 0) is 64.7 Å². The number of methoxy groups -OCH3 is 1.